The Morgan fingerprint density at radius 1 is 1.12 bits per heavy atom. The zero-order valence-corrected chi connectivity index (χ0v) is 14.4. The van der Waals surface area contributed by atoms with E-state index in [1.807, 2.05) is 18.3 Å². The van der Waals surface area contributed by atoms with Gasteiger partial charge in [0.05, 0.1) is 11.9 Å². The minimum Gasteiger partial charge on any atom is -0.454 e. The molecule has 132 valence electrons. The van der Waals surface area contributed by atoms with Gasteiger partial charge in [0, 0.05) is 24.2 Å². The van der Waals surface area contributed by atoms with E-state index in [0.29, 0.717) is 12.2 Å². The number of hydrogen-bond acceptors (Lipinski definition) is 5. The number of rotatable bonds is 3. The van der Waals surface area contributed by atoms with Crippen LogP contribution >= 0.6 is 0 Å². The van der Waals surface area contributed by atoms with E-state index in [4.69, 9.17) is 9.47 Å². The molecule has 0 saturated carbocycles. The number of aromatic amines is 1. The minimum absolute atomic E-state index is 0.305. The minimum atomic E-state index is 0.305. The first-order chi connectivity index (χ1) is 12.3. The molecule has 3 aliphatic heterocycles. The number of fused-ring (bicyclic) bond motifs is 1. The molecule has 0 radical (unpaired) electrons. The molecule has 2 saturated heterocycles. The number of likely N-dealkylation sites (tertiary alicyclic amines) is 1. The van der Waals surface area contributed by atoms with Crippen LogP contribution in [0.5, 0.6) is 11.5 Å². The molecule has 2 N–H and O–H groups in total. The molecule has 0 aliphatic carbocycles. The quantitative estimate of drug-likeness (QED) is 0.898. The van der Waals surface area contributed by atoms with E-state index in [0.717, 1.165) is 29.3 Å². The normalized spacial score (nSPS) is 21.9. The molecule has 1 spiro atoms. The first-order valence-electron chi connectivity index (χ1n) is 9.17. The number of benzene rings is 1. The lowest BCUT2D eigenvalue weighted by Gasteiger charge is -2.33. The van der Waals surface area contributed by atoms with Gasteiger partial charge in [-0.2, -0.15) is 5.10 Å². The van der Waals surface area contributed by atoms with E-state index in [-0.39, 0.29) is 0 Å². The van der Waals surface area contributed by atoms with Crippen molar-refractivity contribution in [3.63, 3.8) is 0 Å². The number of hydrogen-bond donors (Lipinski definition) is 2. The second kappa shape index (κ2) is 6.04. The summed E-state index contributed by atoms with van der Waals surface area (Å²) in [6, 6.07) is 6.09. The molecular weight excluding hydrogens is 316 g/mol. The number of H-pyrrole nitrogens is 1. The maximum absolute atomic E-state index is 5.51. The van der Waals surface area contributed by atoms with Gasteiger partial charge in [-0.1, -0.05) is 0 Å². The van der Waals surface area contributed by atoms with Crippen LogP contribution in [0.1, 0.15) is 24.8 Å². The van der Waals surface area contributed by atoms with E-state index >= 15 is 0 Å². The molecule has 2 aromatic rings. The summed E-state index contributed by atoms with van der Waals surface area (Å²) in [6.45, 7) is 5.99. The van der Waals surface area contributed by atoms with E-state index in [1.54, 1.807) is 0 Å². The highest BCUT2D eigenvalue weighted by Crippen LogP contribution is 2.40. The zero-order valence-electron chi connectivity index (χ0n) is 14.4. The molecule has 6 heteroatoms. The molecule has 3 aliphatic rings. The molecular formula is C19H24N4O2. The smallest absolute Gasteiger partial charge is 0.231 e. The first kappa shape index (κ1) is 15.2. The molecule has 4 heterocycles. The molecule has 0 amide bonds. The van der Waals surface area contributed by atoms with Crippen LogP contribution in [0.15, 0.2) is 24.4 Å². The van der Waals surface area contributed by atoms with Crippen molar-refractivity contribution in [1.82, 2.24) is 20.4 Å². The molecule has 2 fully saturated rings. The standard InChI is InChI=1S/C19H24N4O2/c1-2-16-17(25-13-24-16)9-14(1)18-15(10-21-22-18)11-23-8-5-19(12-23)3-6-20-7-4-19/h1-2,9-10,20H,3-8,11-13H2,(H,21,22). The second-order valence-corrected chi connectivity index (χ2v) is 7.55. The third-order valence-electron chi connectivity index (χ3n) is 5.95. The van der Waals surface area contributed by atoms with Crippen LogP contribution in [0.2, 0.25) is 0 Å². The topological polar surface area (TPSA) is 62.4 Å². The average molecular weight is 340 g/mol. The van der Waals surface area contributed by atoms with Gasteiger partial charge < -0.3 is 14.8 Å². The first-order valence-corrected chi connectivity index (χ1v) is 9.17. The Hall–Kier alpha value is -2.05. The van der Waals surface area contributed by atoms with Gasteiger partial charge in [0.15, 0.2) is 11.5 Å². The lowest BCUT2D eigenvalue weighted by molar-refractivity contribution is 0.174. The monoisotopic (exact) mass is 340 g/mol. The van der Waals surface area contributed by atoms with Crippen LogP contribution in [-0.4, -0.2) is 48.1 Å². The van der Waals surface area contributed by atoms with Crippen molar-refractivity contribution in [2.45, 2.75) is 25.8 Å². The second-order valence-electron chi connectivity index (χ2n) is 7.55. The van der Waals surface area contributed by atoms with Gasteiger partial charge in [-0.25, -0.2) is 0 Å². The molecule has 0 atom stereocenters. The Balaban J connectivity index is 1.34. The van der Waals surface area contributed by atoms with Crippen LogP contribution in [0.4, 0.5) is 0 Å². The number of nitrogens with one attached hydrogen (secondary N) is 2. The highest BCUT2D eigenvalue weighted by Gasteiger charge is 2.38. The molecule has 0 bridgehead atoms. The lowest BCUT2D eigenvalue weighted by atomic mass is 9.78. The van der Waals surface area contributed by atoms with Crippen molar-refractivity contribution in [3.8, 4) is 22.8 Å². The highest BCUT2D eigenvalue weighted by atomic mass is 16.7. The van der Waals surface area contributed by atoms with E-state index < -0.39 is 0 Å². The van der Waals surface area contributed by atoms with Crippen LogP contribution in [0, 0.1) is 5.41 Å². The van der Waals surface area contributed by atoms with Crippen LogP contribution in [0.3, 0.4) is 0 Å². The Morgan fingerprint density at radius 2 is 2.00 bits per heavy atom. The molecule has 25 heavy (non-hydrogen) atoms. The lowest BCUT2D eigenvalue weighted by Crippen LogP contribution is -2.38. The highest BCUT2D eigenvalue weighted by molar-refractivity contribution is 5.66. The van der Waals surface area contributed by atoms with Gasteiger partial charge in [0.1, 0.15) is 0 Å². The number of nitrogens with zero attached hydrogens (tertiary/aromatic N) is 2. The zero-order chi connectivity index (χ0) is 16.7. The van der Waals surface area contributed by atoms with Crippen molar-refractivity contribution in [1.29, 1.82) is 0 Å². The third-order valence-corrected chi connectivity index (χ3v) is 5.95. The summed E-state index contributed by atoms with van der Waals surface area (Å²) in [4.78, 5) is 2.59. The third kappa shape index (κ3) is 2.79. The van der Waals surface area contributed by atoms with E-state index in [2.05, 4.69) is 26.5 Å². The fourth-order valence-corrected chi connectivity index (χ4v) is 4.50. The molecule has 1 aromatic carbocycles. The van der Waals surface area contributed by atoms with Crippen molar-refractivity contribution in [2.75, 3.05) is 33.0 Å². The fraction of sp³-hybridized carbons (Fsp3) is 0.526. The van der Waals surface area contributed by atoms with Crippen LogP contribution in [0.25, 0.3) is 11.3 Å². The van der Waals surface area contributed by atoms with Gasteiger partial charge in [0.25, 0.3) is 0 Å². The summed E-state index contributed by atoms with van der Waals surface area (Å²) in [5, 5.41) is 11.0. The average Bonchev–Trinajstić information content (AvgIpc) is 3.36. The summed E-state index contributed by atoms with van der Waals surface area (Å²) in [6.07, 6.45) is 5.91. The van der Waals surface area contributed by atoms with E-state index in [1.165, 1.54) is 51.0 Å². The fourth-order valence-electron chi connectivity index (χ4n) is 4.50. The number of piperidine rings is 1. The summed E-state index contributed by atoms with van der Waals surface area (Å²) < 4.78 is 10.9. The van der Waals surface area contributed by atoms with Gasteiger partial charge in [-0.3, -0.25) is 10.00 Å². The Bertz CT molecular complexity index is 767. The maximum atomic E-state index is 5.51. The van der Waals surface area contributed by atoms with Crippen LogP contribution < -0.4 is 14.8 Å². The summed E-state index contributed by atoms with van der Waals surface area (Å²) >= 11 is 0. The van der Waals surface area contributed by atoms with Crippen LogP contribution in [-0.2, 0) is 6.54 Å². The predicted molar refractivity (Wildman–Crippen MR) is 94.6 cm³/mol. The van der Waals surface area contributed by atoms with Gasteiger partial charge in [-0.05, 0) is 62.5 Å². The SMILES string of the molecule is c1cc2c(cc1-c1[nH]ncc1CN1CCC3(CCNCC3)C1)OCO2. The number of aromatic nitrogens is 2. The molecule has 5 rings (SSSR count). The summed E-state index contributed by atoms with van der Waals surface area (Å²) in [5.74, 6) is 1.63. The van der Waals surface area contributed by atoms with Gasteiger partial charge >= 0.3 is 0 Å². The summed E-state index contributed by atoms with van der Waals surface area (Å²) in [7, 11) is 0. The van der Waals surface area contributed by atoms with Crippen molar-refractivity contribution in [2.24, 2.45) is 5.41 Å². The largest absolute Gasteiger partial charge is 0.454 e. The maximum Gasteiger partial charge on any atom is 0.231 e. The Kier molecular flexibility index (Phi) is 3.68. The van der Waals surface area contributed by atoms with E-state index in [9.17, 15) is 0 Å². The van der Waals surface area contributed by atoms with Crippen molar-refractivity contribution < 1.29 is 9.47 Å². The van der Waals surface area contributed by atoms with Crippen molar-refractivity contribution >= 4 is 0 Å². The number of ether oxygens (including phenoxy) is 2. The molecule has 1 aromatic heterocycles. The Labute approximate surface area is 147 Å². The molecule has 0 unspecified atom stereocenters. The predicted octanol–water partition coefficient (Wildman–Crippen LogP) is 2.38. The molecule has 6 nitrogen and oxygen atoms in total. The summed E-state index contributed by atoms with van der Waals surface area (Å²) in [5.41, 5.74) is 3.98. The Morgan fingerprint density at radius 3 is 2.92 bits per heavy atom. The van der Waals surface area contributed by atoms with Crippen molar-refractivity contribution in [3.05, 3.63) is 30.0 Å². The van der Waals surface area contributed by atoms with Gasteiger partial charge in [-0.15, -0.1) is 0 Å². The van der Waals surface area contributed by atoms with Gasteiger partial charge in [0.2, 0.25) is 6.79 Å².